The van der Waals surface area contributed by atoms with Crippen LogP contribution in [0.3, 0.4) is 0 Å². The smallest absolute Gasteiger partial charge is 0.313 e. The molecule has 1 aromatic heterocycles. The Bertz CT molecular complexity index is 1040. The molecule has 0 atom stereocenters. The van der Waals surface area contributed by atoms with Crippen LogP contribution in [0, 0.1) is 6.92 Å². The van der Waals surface area contributed by atoms with Crippen molar-refractivity contribution in [1.29, 1.82) is 0 Å². The van der Waals surface area contributed by atoms with Gasteiger partial charge in [0.1, 0.15) is 5.75 Å². The topological polar surface area (TPSA) is 103 Å². The standard InChI is InChI=1S/C18H16ClNO5S/c1-11-3-2-4-12(9-11)10-26(22,23)25-17-15(21)16(24-18(17)20)13-5-7-14(19)8-6-13/h2-9,21H,10,20H2,1H3. The maximum absolute atomic E-state index is 12.3. The van der Waals surface area contributed by atoms with E-state index in [1.807, 2.05) is 13.0 Å². The van der Waals surface area contributed by atoms with Gasteiger partial charge in [-0.05, 0) is 36.8 Å². The Morgan fingerprint density at radius 3 is 2.54 bits per heavy atom. The minimum Gasteiger partial charge on any atom is -0.501 e. The average molecular weight is 394 g/mol. The first-order chi connectivity index (χ1) is 12.2. The Balaban J connectivity index is 1.89. The third kappa shape index (κ3) is 3.95. The zero-order valence-electron chi connectivity index (χ0n) is 13.8. The van der Waals surface area contributed by atoms with Crippen LogP contribution >= 0.6 is 11.6 Å². The summed E-state index contributed by atoms with van der Waals surface area (Å²) in [6.07, 6.45) is 0. The van der Waals surface area contributed by atoms with E-state index in [1.54, 1.807) is 42.5 Å². The van der Waals surface area contributed by atoms with Crippen LogP contribution in [0.1, 0.15) is 11.1 Å². The van der Waals surface area contributed by atoms with Gasteiger partial charge >= 0.3 is 10.1 Å². The van der Waals surface area contributed by atoms with Gasteiger partial charge < -0.3 is 19.4 Å². The second kappa shape index (κ2) is 6.93. The lowest BCUT2D eigenvalue weighted by Gasteiger charge is -2.07. The van der Waals surface area contributed by atoms with Gasteiger partial charge in [0.05, 0.1) is 0 Å². The molecule has 0 aliphatic carbocycles. The van der Waals surface area contributed by atoms with Gasteiger partial charge in [-0.3, -0.25) is 0 Å². The molecule has 6 nitrogen and oxygen atoms in total. The van der Waals surface area contributed by atoms with Gasteiger partial charge in [0.25, 0.3) is 0 Å². The first kappa shape index (κ1) is 18.2. The molecule has 0 radical (unpaired) electrons. The van der Waals surface area contributed by atoms with Crippen molar-refractivity contribution in [2.45, 2.75) is 12.7 Å². The van der Waals surface area contributed by atoms with Crippen LogP contribution in [0.4, 0.5) is 5.88 Å². The molecule has 0 amide bonds. The minimum atomic E-state index is -4.05. The number of nitrogens with two attached hydrogens (primary N) is 1. The number of halogens is 1. The Morgan fingerprint density at radius 1 is 1.19 bits per heavy atom. The van der Waals surface area contributed by atoms with Gasteiger partial charge in [0.2, 0.25) is 17.4 Å². The molecule has 0 fully saturated rings. The molecule has 3 rings (SSSR count). The molecule has 0 aliphatic heterocycles. The Hall–Kier alpha value is -2.64. The SMILES string of the molecule is Cc1cccc(CS(=O)(=O)Oc2c(N)oc(-c3ccc(Cl)cc3)c2O)c1. The first-order valence-corrected chi connectivity index (χ1v) is 9.55. The van der Waals surface area contributed by atoms with Crippen LogP contribution in [0.2, 0.25) is 5.02 Å². The number of aromatic hydroxyl groups is 1. The zero-order chi connectivity index (χ0) is 18.9. The van der Waals surface area contributed by atoms with Gasteiger partial charge in [-0.15, -0.1) is 0 Å². The summed E-state index contributed by atoms with van der Waals surface area (Å²) in [6, 6.07) is 13.4. The molecule has 26 heavy (non-hydrogen) atoms. The van der Waals surface area contributed by atoms with Gasteiger partial charge in [0, 0.05) is 10.6 Å². The van der Waals surface area contributed by atoms with Crippen molar-refractivity contribution in [2.75, 3.05) is 5.73 Å². The predicted molar refractivity (Wildman–Crippen MR) is 99.7 cm³/mol. The van der Waals surface area contributed by atoms with Crippen molar-refractivity contribution in [3.05, 3.63) is 64.7 Å². The van der Waals surface area contributed by atoms with Crippen LogP contribution in [0.15, 0.2) is 52.9 Å². The monoisotopic (exact) mass is 393 g/mol. The quantitative estimate of drug-likeness (QED) is 0.632. The fourth-order valence-electron chi connectivity index (χ4n) is 2.46. The number of benzene rings is 2. The summed E-state index contributed by atoms with van der Waals surface area (Å²) in [5.74, 6) is -1.62. The number of nitrogen functional groups attached to an aromatic ring is 1. The van der Waals surface area contributed by atoms with E-state index in [0.717, 1.165) is 5.56 Å². The second-order valence-electron chi connectivity index (χ2n) is 5.75. The van der Waals surface area contributed by atoms with E-state index in [-0.39, 0.29) is 17.4 Å². The largest absolute Gasteiger partial charge is 0.501 e. The Kier molecular flexibility index (Phi) is 4.84. The lowest BCUT2D eigenvalue weighted by molar-refractivity contribution is 0.432. The minimum absolute atomic E-state index is 0.0000720. The van der Waals surface area contributed by atoms with Crippen molar-refractivity contribution < 1.29 is 22.1 Å². The van der Waals surface area contributed by atoms with Crippen molar-refractivity contribution in [1.82, 2.24) is 0 Å². The van der Waals surface area contributed by atoms with Crippen molar-refractivity contribution in [2.24, 2.45) is 0 Å². The highest BCUT2D eigenvalue weighted by Gasteiger charge is 2.26. The molecular weight excluding hydrogens is 378 g/mol. The normalized spacial score (nSPS) is 11.5. The number of furan rings is 1. The van der Waals surface area contributed by atoms with E-state index in [9.17, 15) is 13.5 Å². The van der Waals surface area contributed by atoms with E-state index in [0.29, 0.717) is 16.1 Å². The van der Waals surface area contributed by atoms with Gasteiger partial charge in [-0.1, -0.05) is 41.4 Å². The molecule has 0 saturated carbocycles. The van der Waals surface area contributed by atoms with Crippen LogP contribution in [-0.4, -0.2) is 13.5 Å². The highest BCUT2D eigenvalue weighted by molar-refractivity contribution is 7.86. The number of hydrogen-bond donors (Lipinski definition) is 2. The fraction of sp³-hybridized carbons (Fsp3) is 0.111. The van der Waals surface area contributed by atoms with Crippen LogP contribution in [-0.2, 0) is 15.9 Å². The summed E-state index contributed by atoms with van der Waals surface area (Å²) in [5.41, 5.74) is 7.65. The van der Waals surface area contributed by atoms with Crippen LogP contribution in [0.25, 0.3) is 11.3 Å². The summed E-state index contributed by atoms with van der Waals surface area (Å²) in [4.78, 5) is 0. The van der Waals surface area contributed by atoms with Crippen LogP contribution < -0.4 is 9.92 Å². The molecule has 0 aliphatic rings. The lowest BCUT2D eigenvalue weighted by atomic mass is 10.1. The summed E-state index contributed by atoms with van der Waals surface area (Å²) in [7, 11) is -4.05. The van der Waals surface area contributed by atoms with Gasteiger partial charge in [-0.25, -0.2) is 0 Å². The molecule has 136 valence electrons. The Labute approximate surface area is 155 Å². The zero-order valence-corrected chi connectivity index (χ0v) is 15.3. The number of aryl methyl sites for hydroxylation is 1. The molecular formula is C18H16ClNO5S. The van der Waals surface area contributed by atoms with E-state index in [4.69, 9.17) is 25.9 Å². The second-order valence-corrected chi connectivity index (χ2v) is 7.76. The average Bonchev–Trinajstić information content (AvgIpc) is 2.83. The molecule has 0 bridgehead atoms. The van der Waals surface area contributed by atoms with E-state index in [1.165, 1.54) is 0 Å². The molecule has 0 unspecified atom stereocenters. The van der Waals surface area contributed by atoms with E-state index < -0.39 is 21.6 Å². The molecule has 3 aromatic rings. The van der Waals surface area contributed by atoms with E-state index >= 15 is 0 Å². The molecule has 0 spiro atoms. The fourth-order valence-corrected chi connectivity index (χ4v) is 3.65. The number of anilines is 1. The van der Waals surface area contributed by atoms with Gasteiger partial charge in [-0.2, -0.15) is 8.42 Å². The predicted octanol–water partition coefficient (Wildman–Crippen LogP) is 4.11. The highest BCUT2D eigenvalue weighted by atomic mass is 35.5. The van der Waals surface area contributed by atoms with Crippen molar-refractivity contribution in [3.63, 3.8) is 0 Å². The molecule has 8 heteroatoms. The number of hydrogen-bond acceptors (Lipinski definition) is 6. The first-order valence-electron chi connectivity index (χ1n) is 7.60. The maximum atomic E-state index is 12.3. The molecule has 1 heterocycles. The maximum Gasteiger partial charge on any atom is 0.313 e. The summed E-state index contributed by atoms with van der Waals surface area (Å²) < 4.78 is 34.9. The number of rotatable bonds is 5. The van der Waals surface area contributed by atoms with Crippen molar-refractivity contribution >= 4 is 27.6 Å². The third-order valence-corrected chi connectivity index (χ3v) is 4.97. The van der Waals surface area contributed by atoms with Gasteiger partial charge in [0.15, 0.2) is 5.76 Å². The highest BCUT2D eigenvalue weighted by Crippen LogP contribution is 2.45. The lowest BCUT2D eigenvalue weighted by Crippen LogP contribution is -2.12. The Morgan fingerprint density at radius 2 is 1.88 bits per heavy atom. The third-order valence-electron chi connectivity index (χ3n) is 3.61. The molecule has 3 N–H and O–H groups in total. The summed E-state index contributed by atoms with van der Waals surface area (Å²) in [6.45, 7) is 1.86. The molecule has 0 saturated heterocycles. The molecule has 2 aromatic carbocycles. The van der Waals surface area contributed by atoms with Crippen molar-refractivity contribution in [3.8, 4) is 22.8 Å². The van der Waals surface area contributed by atoms with E-state index in [2.05, 4.69) is 0 Å². The summed E-state index contributed by atoms with van der Waals surface area (Å²) in [5, 5.41) is 10.8. The summed E-state index contributed by atoms with van der Waals surface area (Å²) >= 11 is 5.83. The van der Waals surface area contributed by atoms with Crippen LogP contribution in [0.5, 0.6) is 11.5 Å².